The van der Waals surface area contributed by atoms with Crippen molar-refractivity contribution < 1.29 is 19.1 Å². The number of halogens is 3. The van der Waals surface area contributed by atoms with E-state index in [4.69, 9.17) is 44.3 Å². The van der Waals surface area contributed by atoms with Gasteiger partial charge in [-0.3, -0.25) is 4.79 Å². The summed E-state index contributed by atoms with van der Waals surface area (Å²) in [7, 11) is 0. The van der Waals surface area contributed by atoms with Gasteiger partial charge in [-0.25, -0.2) is 9.48 Å². The molecule has 1 aliphatic rings. The van der Waals surface area contributed by atoms with Crippen LogP contribution in [0.2, 0.25) is 15.2 Å². The van der Waals surface area contributed by atoms with Crippen LogP contribution < -0.4 is 5.32 Å². The third-order valence-corrected chi connectivity index (χ3v) is 5.87. The highest BCUT2D eigenvalue weighted by Gasteiger charge is 2.17. The molecular weight excluding hydrogens is 465 g/mol. The molecule has 1 N–H and O–H groups in total. The molecule has 1 amide bonds. The zero-order chi connectivity index (χ0) is 22.4. The van der Waals surface area contributed by atoms with E-state index >= 15 is 0 Å². The standard InChI is InChI=1S/C21H22Cl3N3O4/c1-13-15(21(24)27(26-13)11-16-17(22)5-2-6-18(16)23)7-8-20(29)31-12-19(28)25-10-14-4-3-9-30-14/h2,5-8,14H,3-4,9-12H2,1H3,(H,25,28)/b8-7+. The number of nitrogens with one attached hydrogen (secondary N) is 1. The first kappa shape index (κ1) is 23.6. The molecule has 1 saturated heterocycles. The molecule has 1 aromatic carbocycles. The van der Waals surface area contributed by atoms with Crippen molar-refractivity contribution in [3.63, 3.8) is 0 Å². The molecule has 2 heterocycles. The number of esters is 1. The number of carbonyl (C=O) groups excluding carboxylic acids is 2. The Bertz CT molecular complexity index is 964. The van der Waals surface area contributed by atoms with Gasteiger partial charge in [-0.1, -0.05) is 40.9 Å². The number of benzene rings is 1. The van der Waals surface area contributed by atoms with Crippen LogP contribution >= 0.6 is 34.8 Å². The van der Waals surface area contributed by atoms with Crippen LogP contribution in [-0.4, -0.2) is 47.5 Å². The predicted octanol–water partition coefficient (Wildman–Crippen LogP) is 4.05. The van der Waals surface area contributed by atoms with E-state index in [1.165, 1.54) is 12.2 Å². The predicted molar refractivity (Wildman–Crippen MR) is 120 cm³/mol. The fraction of sp³-hybridized carbons (Fsp3) is 0.381. The Labute approximate surface area is 195 Å². The van der Waals surface area contributed by atoms with E-state index in [0.717, 1.165) is 12.8 Å². The van der Waals surface area contributed by atoms with Crippen molar-refractivity contribution in [1.29, 1.82) is 0 Å². The fourth-order valence-electron chi connectivity index (χ4n) is 3.11. The number of carbonyl (C=O) groups is 2. The Balaban J connectivity index is 1.55. The first-order chi connectivity index (χ1) is 14.8. The van der Waals surface area contributed by atoms with Crippen LogP contribution in [0.4, 0.5) is 0 Å². The van der Waals surface area contributed by atoms with Crippen molar-refractivity contribution in [1.82, 2.24) is 15.1 Å². The van der Waals surface area contributed by atoms with Gasteiger partial charge in [-0.15, -0.1) is 0 Å². The Hall–Kier alpha value is -2.06. The molecule has 1 atom stereocenters. The molecular formula is C21H22Cl3N3O4. The van der Waals surface area contributed by atoms with Crippen LogP contribution in [-0.2, 0) is 25.6 Å². The summed E-state index contributed by atoms with van der Waals surface area (Å²) in [6.45, 7) is 2.80. The quantitative estimate of drug-likeness (QED) is 0.450. The zero-order valence-electron chi connectivity index (χ0n) is 16.9. The number of hydrogen-bond acceptors (Lipinski definition) is 5. The van der Waals surface area contributed by atoms with Crippen molar-refractivity contribution in [2.75, 3.05) is 19.8 Å². The maximum atomic E-state index is 12.0. The van der Waals surface area contributed by atoms with E-state index in [1.54, 1.807) is 29.8 Å². The number of aromatic nitrogens is 2. The van der Waals surface area contributed by atoms with Gasteiger partial charge in [0.05, 0.1) is 18.3 Å². The van der Waals surface area contributed by atoms with Crippen molar-refractivity contribution in [2.24, 2.45) is 0 Å². The molecule has 0 aliphatic carbocycles. The van der Waals surface area contributed by atoms with Gasteiger partial charge < -0.3 is 14.8 Å². The highest BCUT2D eigenvalue weighted by molar-refractivity contribution is 6.36. The lowest BCUT2D eigenvalue weighted by atomic mass is 10.2. The van der Waals surface area contributed by atoms with Crippen LogP contribution in [0.5, 0.6) is 0 Å². The minimum Gasteiger partial charge on any atom is -0.452 e. The van der Waals surface area contributed by atoms with Gasteiger partial charge in [0, 0.05) is 40.4 Å². The van der Waals surface area contributed by atoms with E-state index in [2.05, 4.69) is 10.4 Å². The van der Waals surface area contributed by atoms with Gasteiger partial charge in [-0.05, 0) is 38.0 Å². The first-order valence-corrected chi connectivity index (χ1v) is 10.9. The van der Waals surface area contributed by atoms with E-state index < -0.39 is 5.97 Å². The smallest absolute Gasteiger partial charge is 0.331 e. The second kappa shape index (κ2) is 11.0. The van der Waals surface area contributed by atoms with Crippen LogP contribution in [0.25, 0.3) is 6.08 Å². The SMILES string of the molecule is Cc1nn(Cc2c(Cl)cccc2Cl)c(Cl)c1/C=C/C(=O)OCC(=O)NCC1CCCO1. The molecule has 1 aliphatic heterocycles. The number of rotatable bonds is 8. The third-order valence-electron chi connectivity index (χ3n) is 4.76. The second-order valence-electron chi connectivity index (χ2n) is 7.03. The van der Waals surface area contributed by atoms with Crippen molar-refractivity contribution in [3.05, 3.63) is 56.3 Å². The van der Waals surface area contributed by atoms with Crippen LogP contribution in [0.1, 0.15) is 29.7 Å². The van der Waals surface area contributed by atoms with E-state index in [1.807, 2.05) is 0 Å². The number of hydrogen-bond donors (Lipinski definition) is 1. The Morgan fingerprint density at radius 2 is 2.06 bits per heavy atom. The van der Waals surface area contributed by atoms with E-state index in [-0.39, 0.29) is 25.2 Å². The zero-order valence-corrected chi connectivity index (χ0v) is 19.1. The van der Waals surface area contributed by atoms with Gasteiger partial charge in [0.2, 0.25) is 0 Å². The van der Waals surface area contributed by atoms with Crippen LogP contribution in [0, 0.1) is 6.92 Å². The molecule has 166 valence electrons. The Morgan fingerprint density at radius 3 is 2.74 bits per heavy atom. The summed E-state index contributed by atoms with van der Waals surface area (Å²) < 4.78 is 11.9. The highest BCUT2D eigenvalue weighted by atomic mass is 35.5. The minimum atomic E-state index is -0.662. The lowest BCUT2D eigenvalue weighted by molar-refractivity contribution is -0.143. The van der Waals surface area contributed by atoms with Gasteiger partial charge in [0.1, 0.15) is 5.15 Å². The summed E-state index contributed by atoms with van der Waals surface area (Å²) in [5, 5.41) is 8.42. The number of ether oxygens (including phenoxy) is 2. The molecule has 0 spiro atoms. The summed E-state index contributed by atoms with van der Waals surface area (Å²) in [4.78, 5) is 23.8. The maximum Gasteiger partial charge on any atom is 0.331 e. The fourth-order valence-corrected chi connectivity index (χ4v) is 3.93. The molecule has 0 bridgehead atoms. The Morgan fingerprint density at radius 1 is 1.32 bits per heavy atom. The van der Waals surface area contributed by atoms with Crippen molar-refractivity contribution in [3.8, 4) is 0 Å². The molecule has 0 saturated carbocycles. The summed E-state index contributed by atoms with van der Waals surface area (Å²) >= 11 is 18.9. The molecule has 1 fully saturated rings. The number of nitrogens with zero attached hydrogens (tertiary/aromatic N) is 2. The molecule has 1 aromatic heterocycles. The minimum absolute atomic E-state index is 0.0295. The average molecular weight is 487 g/mol. The molecule has 31 heavy (non-hydrogen) atoms. The summed E-state index contributed by atoms with van der Waals surface area (Å²) in [6.07, 6.45) is 4.64. The van der Waals surface area contributed by atoms with Crippen molar-refractivity contribution >= 4 is 52.8 Å². The molecule has 3 rings (SSSR count). The van der Waals surface area contributed by atoms with E-state index in [0.29, 0.717) is 45.2 Å². The van der Waals surface area contributed by atoms with Gasteiger partial charge in [0.25, 0.3) is 5.91 Å². The van der Waals surface area contributed by atoms with E-state index in [9.17, 15) is 9.59 Å². The van der Waals surface area contributed by atoms with Gasteiger partial charge in [0.15, 0.2) is 6.61 Å². The molecule has 10 heteroatoms. The normalized spacial score (nSPS) is 16.1. The molecule has 7 nitrogen and oxygen atoms in total. The average Bonchev–Trinajstić information content (AvgIpc) is 3.34. The summed E-state index contributed by atoms with van der Waals surface area (Å²) in [5.74, 6) is -1.04. The molecule has 2 aromatic rings. The Kier molecular flexibility index (Phi) is 8.37. The highest BCUT2D eigenvalue weighted by Crippen LogP contribution is 2.28. The van der Waals surface area contributed by atoms with Gasteiger partial charge in [-0.2, -0.15) is 5.10 Å². The lowest BCUT2D eigenvalue weighted by Crippen LogP contribution is -2.34. The number of aryl methyl sites for hydroxylation is 1. The van der Waals surface area contributed by atoms with Crippen molar-refractivity contribution in [2.45, 2.75) is 32.4 Å². The molecule has 1 unspecified atom stereocenters. The first-order valence-electron chi connectivity index (χ1n) is 9.74. The largest absolute Gasteiger partial charge is 0.452 e. The number of amides is 1. The lowest BCUT2D eigenvalue weighted by Gasteiger charge is -2.10. The second-order valence-corrected chi connectivity index (χ2v) is 8.20. The van der Waals surface area contributed by atoms with Crippen LogP contribution in [0.3, 0.4) is 0 Å². The topological polar surface area (TPSA) is 82.5 Å². The molecule has 0 radical (unpaired) electrons. The summed E-state index contributed by atoms with van der Waals surface area (Å²) in [6, 6.07) is 5.23. The summed E-state index contributed by atoms with van der Waals surface area (Å²) in [5.41, 5.74) is 1.87. The van der Waals surface area contributed by atoms with Crippen LogP contribution in [0.15, 0.2) is 24.3 Å². The third kappa shape index (κ3) is 6.46. The van der Waals surface area contributed by atoms with Gasteiger partial charge >= 0.3 is 5.97 Å². The monoisotopic (exact) mass is 485 g/mol. The maximum absolute atomic E-state index is 12.0.